The lowest BCUT2D eigenvalue weighted by Crippen LogP contribution is -2.34. The average molecular weight is 432 g/mol. The fourth-order valence-corrected chi connectivity index (χ4v) is 3.91. The van der Waals surface area contributed by atoms with Crippen LogP contribution in [0.15, 0.2) is 57.9 Å². The van der Waals surface area contributed by atoms with Gasteiger partial charge in [-0.1, -0.05) is 35.8 Å². The summed E-state index contributed by atoms with van der Waals surface area (Å²) >= 11 is 7.45. The highest BCUT2D eigenvalue weighted by Crippen LogP contribution is 2.28. The Morgan fingerprint density at radius 1 is 1.28 bits per heavy atom. The molecule has 0 spiro atoms. The van der Waals surface area contributed by atoms with Gasteiger partial charge in [0.05, 0.1) is 18.9 Å². The molecule has 0 N–H and O–H groups in total. The first-order valence-corrected chi connectivity index (χ1v) is 10.4. The number of aromatic nitrogens is 2. The molecule has 1 aromatic heterocycles. The van der Waals surface area contributed by atoms with E-state index in [9.17, 15) is 4.79 Å². The smallest absolute Gasteiger partial charge is 0.246 e. The van der Waals surface area contributed by atoms with Gasteiger partial charge in [0, 0.05) is 22.5 Å². The summed E-state index contributed by atoms with van der Waals surface area (Å²) in [5.74, 6) is 1.56. The van der Waals surface area contributed by atoms with Crippen molar-refractivity contribution < 1.29 is 14.1 Å². The van der Waals surface area contributed by atoms with Crippen molar-refractivity contribution in [1.29, 1.82) is 0 Å². The summed E-state index contributed by atoms with van der Waals surface area (Å²) in [4.78, 5) is 19.9. The summed E-state index contributed by atoms with van der Waals surface area (Å²) < 4.78 is 10.6. The number of nitrogens with zero attached hydrogens (tertiary/aromatic N) is 3. The Balaban J connectivity index is 1.65. The number of amides is 1. The number of methoxy groups -OCH3 is 1. The number of rotatable bonds is 8. The molecule has 6 nitrogen and oxygen atoms in total. The minimum atomic E-state index is -0.207. The molecular weight excluding hydrogens is 410 g/mol. The SMILES string of the molecule is CC[C@@H](Sc1ccc(Cl)cc1)C(=O)N(C)Cc1nc(-c2cccc(OC)c2)no1. The Bertz CT molecular complexity index is 962. The quantitative estimate of drug-likeness (QED) is 0.471. The van der Waals surface area contributed by atoms with Crippen LogP contribution in [-0.4, -0.2) is 40.4 Å². The third-order valence-electron chi connectivity index (χ3n) is 4.28. The van der Waals surface area contributed by atoms with Crippen LogP contribution in [0.4, 0.5) is 0 Å². The van der Waals surface area contributed by atoms with Gasteiger partial charge in [0.15, 0.2) is 0 Å². The summed E-state index contributed by atoms with van der Waals surface area (Å²) in [5.41, 5.74) is 0.790. The first kappa shape index (κ1) is 21.2. The lowest BCUT2D eigenvalue weighted by atomic mass is 10.2. The molecule has 0 saturated heterocycles. The van der Waals surface area contributed by atoms with Crippen LogP contribution < -0.4 is 4.74 Å². The molecule has 1 amide bonds. The molecule has 0 saturated carbocycles. The van der Waals surface area contributed by atoms with Gasteiger partial charge in [-0.05, 0) is 42.8 Å². The van der Waals surface area contributed by atoms with Crippen LogP contribution >= 0.6 is 23.4 Å². The van der Waals surface area contributed by atoms with Crippen molar-refractivity contribution in [1.82, 2.24) is 15.0 Å². The summed E-state index contributed by atoms with van der Waals surface area (Å²) in [6.45, 7) is 2.24. The summed E-state index contributed by atoms with van der Waals surface area (Å²) in [5, 5.41) is 4.49. The van der Waals surface area contributed by atoms with E-state index in [4.69, 9.17) is 20.9 Å². The fraction of sp³-hybridized carbons (Fsp3) is 0.286. The molecule has 3 rings (SSSR count). The van der Waals surface area contributed by atoms with E-state index < -0.39 is 0 Å². The Morgan fingerprint density at radius 3 is 2.72 bits per heavy atom. The predicted octanol–water partition coefficient (Wildman–Crippen LogP) is 4.93. The van der Waals surface area contributed by atoms with Crippen LogP contribution in [0.3, 0.4) is 0 Å². The van der Waals surface area contributed by atoms with Gasteiger partial charge >= 0.3 is 0 Å². The molecule has 0 fully saturated rings. The zero-order valence-corrected chi connectivity index (χ0v) is 18.0. The van der Waals surface area contributed by atoms with Gasteiger partial charge < -0.3 is 14.2 Å². The van der Waals surface area contributed by atoms with Crippen LogP contribution in [0.25, 0.3) is 11.4 Å². The first-order valence-electron chi connectivity index (χ1n) is 9.14. The Labute approximate surface area is 179 Å². The molecule has 152 valence electrons. The Kier molecular flexibility index (Phi) is 7.17. The van der Waals surface area contributed by atoms with Crippen LogP contribution in [0.5, 0.6) is 5.75 Å². The molecular formula is C21H22ClN3O3S. The molecule has 0 aliphatic carbocycles. The molecule has 1 atom stereocenters. The molecule has 1 heterocycles. The average Bonchev–Trinajstić information content (AvgIpc) is 3.21. The van der Waals surface area contributed by atoms with Gasteiger partial charge in [0.1, 0.15) is 5.75 Å². The standard InChI is InChI=1S/C21H22ClN3O3S/c1-4-18(29-17-10-8-15(22)9-11-17)21(26)25(2)13-19-23-20(24-28-19)14-6-5-7-16(12-14)27-3/h5-12,18H,4,13H2,1-3H3/t18-/m1/s1. The number of hydrogen-bond acceptors (Lipinski definition) is 6. The fourth-order valence-electron chi connectivity index (χ4n) is 2.71. The van der Waals surface area contributed by atoms with Crippen LogP contribution in [0, 0.1) is 0 Å². The van der Waals surface area contributed by atoms with E-state index >= 15 is 0 Å². The number of hydrogen-bond donors (Lipinski definition) is 0. The highest BCUT2D eigenvalue weighted by molar-refractivity contribution is 8.00. The normalized spacial score (nSPS) is 11.9. The van der Waals surface area contributed by atoms with Gasteiger partial charge in [-0.15, -0.1) is 11.8 Å². The monoisotopic (exact) mass is 431 g/mol. The zero-order chi connectivity index (χ0) is 20.8. The van der Waals surface area contributed by atoms with E-state index in [0.717, 1.165) is 10.5 Å². The van der Waals surface area contributed by atoms with Crippen molar-refractivity contribution in [3.63, 3.8) is 0 Å². The number of ether oxygens (including phenoxy) is 1. The predicted molar refractivity (Wildman–Crippen MR) is 114 cm³/mol. The van der Waals surface area contributed by atoms with Crippen molar-refractivity contribution in [3.05, 3.63) is 59.4 Å². The number of thioether (sulfide) groups is 1. The van der Waals surface area contributed by atoms with Gasteiger partial charge in [-0.3, -0.25) is 4.79 Å². The lowest BCUT2D eigenvalue weighted by molar-refractivity contribution is -0.130. The third kappa shape index (κ3) is 5.52. The van der Waals surface area contributed by atoms with E-state index in [0.29, 0.717) is 28.9 Å². The number of carbonyl (C=O) groups excluding carboxylic acids is 1. The Hall–Kier alpha value is -2.51. The van der Waals surface area contributed by atoms with Crippen molar-refractivity contribution >= 4 is 29.3 Å². The highest BCUT2D eigenvalue weighted by Gasteiger charge is 2.23. The largest absolute Gasteiger partial charge is 0.497 e. The van der Waals surface area contributed by atoms with Crippen LogP contribution in [0.2, 0.25) is 5.02 Å². The van der Waals surface area contributed by atoms with E-state index in [1.54, 1.807) is 19.1 Å². The van der Waals surface area contributed by atoms with Crippen molar-refractivity contribution in [2.24, 2.45) is 0 Å². The third-order valence-corrected chi connectivity index (χ3v) is 5.90. The minimum Gasteiger partial charge on any atom is -0.497 e. The van der Waals surface area contributed by atoms with Crippen LogP contribution in [0.1, 0.15) is 19.2 Å². The number of benzene rings is 2. The molecule has 0 radical (unpaired) electrons. The summed E-state index contributed by atoms with van der Waals surface area (Å²) in [7, 11) is 3.34. The van der Waals surface area contributed by atoms with Crippen molar-refractivity contribution in [3.8, 4) is 17.1 Å². The van der Waals surface area contributed by atoms with Crippen LogP contribution in [-0.2, 0) is 11.3 Å². The second-order valence-corrected chi connectivity index (χ2v) is 8.12. The van der Waals surface area contributed by atoms with E-state index in [1.165, 1.54) is 11.8 Å². The summed E-state index contributed by atoms with van der Waals surface area (Å²) in [6, 6.07) is 14.9. The first-order chi connectivity index (χ1) is 14.0. The van der Waals surface area contributed by atoms with Gasteiger partial charge in [-0.2, -0.15) is 4.98 Å². The molecule has 29 heavy (non-hydrogen) atoms. The van der Waals surface area contributed by atoms with Crippen molar-refractivity contribution in [2.75, 3.05) is 14.2 Å². The van der Waals surface area contributed by atoms with Crippen molar-refractivity contribution in [2.45, 2.75) is 30.0 Å². The molecule has 3 aromatic rings. The Morgan fingerprint density at radius 2 is 2.03 bits per heavy atom. The van der Waals surface area contributed by atoms with E-state index in [1.807, 2.05) is 55.5 Å². The van der Waals surface area contributed by atoms with Gasteiger partial charge in [0.25, 0.3) is 0 Å². The van der Waals surface area contributed by atoms with Gasteiger partial charge in [0.2, 0.25) is 17.6 Å². The second kappa shape index (κ2) is 9.80. The maximum Gasteiger partial charge on any atom is 0.246 e. The second-order valence-electron chi connectivity index (χ2n) is 6.41. The van der Waals surface area contributed by atoms with E-state index in [2.05, 4.69) is 10.1 Å². The summed E-state index contributed by atoms with van der Waals surface area (Å²) in [6.07, 6.45) is 0.704. The molecule has 0 unspecified atom stereocenters. The zero-order valence-electron chi connectivity index (χ0n) is 16.5. The van der Waals surface area contributed by atoms with Gasteiger partial charge in [-0.25, -0.2) is 0 Å². The molecule has 0 aliphatic heterocycles. The highest BCUT2D eigenvalue weighted by atomic mass is 35.5. The topological polar surface area (TPSA) is 68.5 Å². The number of halogens is 1. The maximum absolute atomic E-state index is 12.9. The lowest BCUT2D eigenvalue weighted by Gasteiger charge is -2.21. The number of carbonyl (C=O) groups is 1. The molecule has 8 heteroatoms. The molecule has 2 aromatic carbocycles. The molecule has 0 aliphatic rings. The van der Waals surface area contributed by atoms with E-state index in [-0.39, 0.29) is 17.7 Å². The molecule has 0 bridgehead atoms. The minimum absolute atomic E-state index is 0.00794. The maximum atomic E-state index is 12.9.